The summed E-state index contributed by atoms with van der Waals surface area (Å²) in [6, 6.07) is -0.227. The summed E-state index contributed by atoms with van der Waals surface area (Å²) in [5.74, 6) is 0.627. The van der Waals surface area contributed by atoms with E-state index in [1.54, 1.807) is 0 Å². The number of carbonyl (C=O) groups excluding carboxylic acids is 2. The predicted octanol–water partition coefficient (Wildman–Crippen LogP) is 1.67. The summed E-state index contributed by atoms with van der Waals surface area (Å²) >= 11 is 0. The first-order valence-electron chi connectivity index (χ1n) is 7.36. The molecule has 5 heteroatoms. The van der Waals surface area contributed by atoms with Gasteiger partial charge in [-0.15, -0.1) is 0 Å². The van der Waals surface area contributed by atoms with Crippen molar-refractivity contribution in [2.45, 2.75) is 57.1 Å². The van der Waals surface area contributed by atoms with Crippen molar-refractivity contribution >= 4 is 11.9 Å². The number of hydrogen-bond donors (Lipinski definition) is 1. The largest absolute Gasteiger partial charge is 0.376 e. The molecule has 2 aliphatic heterocycles. The van der Waals surface area contributed by atoms with Crippen LogP contribution in [0.1, 0.15) is 45.4 Å². The minimum Gasteiger partial charge on any atom is -0.376 e. The zero-order valence-electron chi connectivity index (χ0n) is 11.5. The summed E-state index contributed by atoms with van der Waals surface area (Å²) in [5, 5.41) is 2.95. The van der Waals surface area contributed by atoms with E-state index in [-0.39, 0.29) is 18.0 Å². The number of hydrogen-bond acceptors (Lipinski definition) is 3. The monoisotopic (exact) mass is 266 g/mol. The van der Waals surface area contributed by atoms with Crippen molar-refractivity contribution in [2.75, 3.05) is 13.2 Å². The van der Waals surface area contributed by atoms with Gasteiger partial charge in [-0.25, -0.2) is 4.79 Å². The van der Waals surface area contributed by atoms with Gasteiger partial charge in [0.25, 0.3) is 5.91 Å². The minimum atomic E-state index is -0.609. The molecule has 1 N–H and O–H groups in total. The number of imide groups is 1. The molecule has 3 rings (SSSR count). The second kappa shape index (κ2) is 4.78. The second-order valence-corrected chi connectivity index (χ2v) is 6.25. The Labute approximate surface area is 113 Å². The van der Waals surface area contributed by atoms with E-state index >= 15 is 0 Å². The molecular formula is C14H22N2O3. The van der Waals surface area contributed by atoms with E-state index in [0.717, 1.165) is 45.1 Å². The molecule has 3 fully saturated rings. The molecule has 19 heavy (non-hydrogen) atoms. The van der Waals surface area contributed by atoms with E-state index in [0.29, 0.717) is 12.5 Å². The van der Waals surface area contributed by atoms with Crippen LogP contribution in [0.4, 0.5) is 4.79 Å². The number of nitrogens with zero attached hydrogens (tertiary/aromatic N) is 1. The topological polar surface area (TPSA) is 58.6 Å². The van der Waals surface area contributed by atoms with Gasteiger partial charge in [-0.3, -0.25) is 9.69 Å². The fourth-order valence-corrected chi connectivity index (χ4v) is 3.43. The fourth-order valence-electron chi connectivity index (χ4n) is 3.43. The molecular weight excluding hydrogens is 244 g/mol. The van der Waals surface area contributed by atoms with Gasteiger partial charge < -0.3 is 10.1 Å². The molecule has 1 spiro atoms. The summed E-state index contributed by atoms with van der Waals surface area (Å²) in [6.07, 6.45) is 5.59. The van der Waals surface area contributed by atoms with Gasteiger partial charge in [0, 0.05) is 6.61 Å². The van der Waals surface area contributed by atoms with Crippen LogP contribution in [0.5, 0.6) is 0 Å². The lowest BCUT2D eigenvalue weighted by Gasteiger charge is -2.33. The minimum absolute atomic E-state index is 0.0279. The lowest BCUT2D eigenvalue weighted by Crippen LogP contribution is -2.49. The fraction of sp³-hybridized carbons (Fsp3) is 0.857. The number of urea groups is 1. The molecule has 1 atom stereocenters. The van der Waals surface area contributed by atoms with Gasteiger partial charge in [0.1, 0.15) is 5.54 Å². The molecule has 3 aliphatic rings. The highest BCUT2D eigenvalue weighted by Crippen LogP contribution is 2.36. The van der Waals surface area contributed by atoms with Gasteiger partial charge in [0.2, 0.25) is 0 Å². The van der Waals surface area contributed by atoms with E-state index in [1.165, 1.54) is 4.90 Å². The third-order valence-corrected chi connectivity index (χ3v) is 4.78. The number of ether oxygens (including phenoxy) is 1. The van der Waals surface area contributed by atoms with Crippen molar-refractivity contribution in [3.8, 4) is 0 Å². The van der Waals surface area contributed by atoms with Crippen LogP contribution in [-0.2, 0) is 9.53 Å². The van der Waals surface area contributed by atoms with Crippen LogP contribution >= 0.6 is 0 Å². The van der Waals surface area contributed by atoms with Gasteiger partial charge in [-0.05, 0) is 44.4 Å². The van der Waals surface area contributed by atoms with Gasteiger partial charge in [0.15, 0.2) is 0 Å². The molecule has 0 aromatic carbocycles. The van der Waals surface area contributed by atoms with Crippen LogP contribution in [0, 0.1) is 5.92 Å². The summed E-state index contributed by atoms with van der Waals surface area (Å²) in [7, 11) is 0. The zero-order chi connectivity index (χ0) is 13.5. The molecule has 2 saturated heterocycles. The normalized spacial score (nSPS) is 39.1. The molecule has 0 aromatic heterocycles. The lowest BCUT2D eigenvalue weighted by molar-refractivity contribution is -0.133. The quantitative estimate of drug-likeness (QED) is 0.773. The summed E-state index contributed by atoms with van der Waals surface area (Å²) < 4.78 is 5.53. The Hall–Kier alpha value is -1.10. The molecule has 5 nitrogen and oxygen atoms in total. The van der Waals surface area contributed by atoms with Gasteiger partial charge in [-0.2, -0.15) is 0 Å². The Morgan fingerprint density at radius 3 is 2.68 bits per heavy atom. The molecule has 106 valence electrons. The standard InChI is InChI=1S/C14H22N2O3/c1-10-4-6-14(7-5-10)12(17)16(13(18)15-14)9-11-3-2-8-19-11/h10-11H,2-9H2,1H3,(H,15,18). The highest BCUT2D eigenvalue weighted by molar-refractivity contribution is 6.07. The maximum absolute atomic E-state index is 12.6. The number of amides is 3. The van der Waals surface area contributed by atoms with E-state index in [2.05, 4.69) is 12.2 Å². The van der Waals surface area contributed by atoms with Crippen LogP contribution in [0.3, 0.4) is 0 Å². The van der Waals surface area contributed by atoms with Crippen molar-refractivity contribution in [1.82, 2.24) is 10.2 Å². The predicted molar refractivity (Wildman–Crippen MR) is 69.6 cm³/mol. The van der Waals surface area contributed by atoms with E-state index in [4.69, 9.17) is 4.74 Å². The number of carbonyl (C=O) groups is 2. The Kier molecular flexibility index (Phi) is 3.25. The molecule has 2 heterocycles. The number of nitrogens with one attached hydrogen (secondary N) is 1. The molecule has 1 unspecified atom stereocenters. The first-order chi connectivity index (χ1) is 9.11. The first-order valence-corrected chi connectivity index (χ1v) is 7.36. The van der Waals surface area contributed by atoms with E-state index in [1.807, 2.05) is 0 Å². The average Bonchev–Trinajstić information content (AvgIpc) is 2.97. The van der Waals surface area contributed by atoms with E-state index in [9.17, 15) is 9.59 Å². The van der Waals surface area contributed by atoms with E-state index < -0.39 is 5.54 Å². The zero-order valence-corrected chi connectivity index (χ0v) is 11.5. The summed E-state index contributed by atoms with van der Waals surface area (Å²) in [5.41, 5.74) is -0.609. The maximum Gasteiger partial charge on any atom is 0.325 e. The van der Waals surface area contributed by atoms with Crippen LogP contribution in [0.25, 0.3) is 0 Å². The van der Waals surface area contributed by atoms with Crippen molar-refractivity contribution in [2.24, 2.45) is 5.92 Å². The molecule has 0 radical (unpaired) electrons. The summed E-state index contributed by atoms with van der Waals surface area (Å²) in [6.45, 7) is 3.37. The highest BCUT2D eigenvalue weighted by atomic mass is 16.5. The summed E-state index contributed by atoms with van der Waals surface area (Å²) in [4.78, 5) is 26.0. The lowest BCUT2D eigenvalue weighted by atomic mass is 9.77. The van der Waals surface area contributed by atoms with Crippen LogP contribution in [0.2, 0.25) is 0 Å². The maximum atomic E-state index is 12.6. The second-order valence-electron chi connectivity index (χ2n) is 6.25. The van der Waals surface area contributed by atoms with Crippen molar-refractivity contribution in [3.05, 3.63) is 0 Å². The molecule has 1 aliphatic carbocycles. The Morgan fingerprint density at radius 2 is 2.05 bits per heavy atom. The molecule has 1 saturated carbocycles. The molecule has 3 amide bonds. The Bertz CT molecular complexity index is 382. The highest BCUT2D eigenvalue weighted by Gasteiger charge is 2.52. The SMILES string of the molecule is CC1CCC2(CC1)NC(=O)N(CC1CCCO1)C2=O. The smallest absolute Gasteiger partial charge is 0.325 e. The number of rotatable bonds is 2. The van der Waals surface area contributed by atoms with Gasteiger partial charge in [0.05, 0.1) is 12.6 Å². The molecule has 0 aromatic rings. The van der Waals surface area contributed by atoms with Gasteiger partial charge >= 0.3 is 6.03 Å². The average molecular weight is 266 g/mol. The van der Waals surface area contributed by atoms with Crippen molar-refractivity contribution in [1.29, 1.82) is 0 Å². The Balaban J connectivity index is 1.69. The third kappa shape index (κ3) is 2.24. The van der Waals surface area contributed by atoms with Crippen LogP contribution < -0.4 is 5.32 Å². The van der Waals surface area contributed by atoms with Crippen LogP contribution in [-0.4, -0.2) is 41.6 Å². The Morgan fingerprint density at radius 1 is 1.32 bits per heavy atom. The van der Waals surface area contributed by atoms with Crippen molar-refractivity contribution in [3.63, 3.8) is 0 Å². The molecule has 0 bridgehead atoms. The van der Waals surface area contributed by atoms with Crippen LogP contribution in [0.15, 0.2) is 0 Å². The third-order valence-electron chi connectivity index (χ3n) is 4.78. The van der Waals surface area contributed by atoms with Crippen molar-refractivity contribution < 1.29 is 14.3 Å². The first kappa shape index (κ1) is 12.9. The van der Waals surface area contributed by atoms with Gasteiger partial charge in [-0.1, -0.05) is 6.92 Å².